The van der Waals surface area contributed by atoms with Crippen LogP contribution in [0.15, 0.2) is 10.3 Å². The van der Waals surface area contributed by atoms with Crippen LogP contribution in [-0.4, -0.2) is 4.84 Å². The Bertz CT molecular complexity index is 104. The van der Waals surface area contributed by atoms with Gasteiger partial charge in [0, 0.05) is 0 Å². The van der Waals surface area contributed by atoms with E-state index in [1.54, 1.807) is 0 Å². The zero-order valence-corrected chi connectivity index (χ0v) is 6.49. The van der Waals surface area contributed by atoms with Gasteiger partial charge in [0.25, 0.3) is 0 Å². The summed E-state index contributed by atoms with van der Waals surface area (Å²) < 4.78 is 11.7. The van der Waals surface area contributed by atoms with Crippen LogP contribution >= 0.6 is 46.4 Å². The molecule has 0 heterocycles. The summed E-state index contributed by atoms with van der Waals surface area (Å²) in [6.07, 6.45) is 0. The van der Waals surface area contributed by atoms with Crippen molar-refractivity contribution in [1.29, 1.82) is 0 Å². The standard InChI is InChI=1S/C3HCl4F/c4-1(2(5)6)3(7)8/h2H. The Labute approximate surface area is 66.2 Å². The van der Waals surface area contributed by atoms with Crippen LogP contribution in [0.5, 0.6) is 0 Å². The van der Waals surface area contributed by atoms with Crippen molar-refractivity contribution in [3.8, 4) is 0 Å². The first kappa shape index (κ1) is 8.83. The Morgan fingerprint density at radius 1 is 1.25 bits per heavy atom. The van der Waals surface area contributed by atoms with Gasteiger partial charge in [-0.3, -0.25) is 0 Å². The highest BCUT2D eigenvalue weighted by Crippen LogP contribution is 2.24. The Kier molecular flexibility index (Phi) is 4.17. The van der Waals surface area contributed by atoms with Crippen LogP contribution < -0.4 is 0 Å². The smallest absolute Gasteiger partial charge is 0.192 e. The summed E-state index contributed by atoms with van der Waals surface area (Å²) in [5.74, 6) is 0. The first-order valence-corrected chi connectivity index (χ1v) is 3.17. The minimum absolute atomic E-state index is 0.380. The van der Waals surface area contributed by atoms with E-state index in [1.165, 1.54) is 0 Å². The fourth-order valence-electron chi connectivity index (χ4n) is 0.0825. The molecule has 0 spiro atoms. The molecule has 5 heteroatoms. The zero-order valence-electron chi connectivity index (χ0n) is 3.47. The van der Waals surface area contributed by atoms with Gasteiger partial charge in [0.15, 0.2) is 0 Å². The summed E-state index contributed by atoms with van der Waals surface area (Å²) in [7, 11) is 0. The fraction of sp³-hybridized carbons (Fsp3) is 0.333. The van der Waals surface area contributed by atoms with Crippen LogP contribution in [0.25, 0.3) is 0 Å². The first-order valence-electron chi connectivity index (χ1n) is 1.54. The van der Waals surface area contributed by atoms with E-state index in [-0.39, 0.29) is 5.03 Å². The second-order valence-electron chi connectivity index (χ2n) is 0.909. The van der Waals surface area contributed by atoms with Gasteiger partial charge in [-0.2, -0.15) is 4.39 Å². The first-order chi connectivity index (χ1) is 3.55. The molecule has 0 aromatic carbocycles. The summed E-state index contributed by atoms with van der Waals surface area (Å²) >= 11 is 19.9. The molecular weight excluding hydrogens is 197 g/mol. The maximum atomic E-state index is 11.7. The minimum atomic E-state index is -1.07. The van der Waals surface area contributed by atoms with Crippen molar-refractivity contribution in [2.75, 3.05) is 0 Å². The third kappa shape index (κ3) is 2.98. The Morgan fingerprint density at radius 2 is 1.62 bits per heavy atom. The van der Waals surface area contributed by atoms with E-state index < -0.39 is 10.1 Å². The average molecular weight is 198 g/mol. The quantitative estimate of drug-likeness (QED) is 0.566. The normalized spacial score (nSPS) is 14.2. The molecule has 0 aliphatic carbocycles. The highest BCUT2D eigenvalue weighted by atomic mass is 35.5. The van der Waals surface area contributed by atoms with E-state index in [9.17, 15) is 4.39 Å². The highest BCUT2D eigenvalue weighted by Gasteiger charge is 2.08. The number of alkyl halides is 2. The lowest BCUT2D eigenvalue weighted by Gasteiger charge is -1.93. The van der Waals surface area contributed by atoms with Crippen molar-refractivity contribution in [3.63, 3.8) is 0 Å². The number of hydrogen-bond donors (Lipinski definition) is 0. The molecule has 0 atom stereocenters. The summed E-state index contributed by atoms with van der Waals surface area (Å²) in [4.78, 5) is -1.07. The van der Waals surface area contributed by atoms with Crippen molar-refractivity contribution in [3.05, 3.63) is 10.3 Å². The molecule has 0 aromatic heterocycles. The molecule has 0 N–H and O–H groups in total. The molecule has 0 amide bonds. The third-order valence-corrected chi connectivity index (χ3v) is 1.72. The molecule has 0 aliphatic heterocycles. The molecule has 0 aliphatic rings. The molecule has 0 rings (SSSR count). The van der Waals surface area contributed by atoms with Gasteiger partial charge in [0.05, 0.1) is 5.03 Å². The van der Waals surface area contributed by atoms with Gasteiger partial charge in [-0.1, -0.05) is 34.8 Å². The number of hydrogen-bond acceptors (Lipinski definition) is 0. The predicted molar refractivity (Wildman–Crippen MR) is 35.3 cm³/mol. The second-order valence-corrected chi connectivity index (χ2v) is 2.74. The van der Waals surface area contributed by atoms with E-state index in [0.717, 1.165) is 0 Å². The van der Waals surface area contributed by atoms with E-state index in [4.69, 9.17) is 46.4 Å². The Morgan fingerprint density at radius 3 is 1.62 bits per heavy atom. The third-order valence-electron chi connectivity index (χ3n) is 0.372. The minimum Gasteiger partial charge on any atom is -0.192 e. The lowest BCUT2D eigenvalue weighted by molar-refractivity contribution is 0.689. The second kappa shape index (κ2) is 3.78. The molecule has 0 fully saturated rings. The van der Waals surface area contributed by atoms with E-state index in [0.29, 0.717) is 0 Å². The van der Waals surface area contributed by atoms with E-state index in [2.05, 4.69) is 0 Å². The summed E-state index contributed by atoms with van der Waals surface area (Å²) in [5, 5.41) is -1.45. The SMILES string of the molecule is FC(Cl)=C(Cl)C(Cl)Cl. The largest absolute Gasteiger partial charge is 0.206 e. The van der Waals surface area contributed by atoms with Crippen LogP contribution in [0.4, 0.5) is 4.39 Å². The van der Waals surface area contributed by atoms with Gasteiger partial charge in [-0.05, 0) is 11.6 Å². The molecule has 0 nitrogen and oxygen atoms in total. The van der Waals surface area contributed by atoms with Crippen LogP contribution in [-0.2, 0) is 0 Å². The van der Waals surface area contributed by atoms with Gasteiger partial charge in [0.2, 0.25) is 5.29 Å². The maximum absolute atomic E-state index is 11.7. The molecular formula is C3HCl4F. The van der Waals surface area contributed by atoms with Crippen molar-refractivity contribution >= 4 is 46.4 Å². The lowest BCUT2D eigenvalue weighted by Crippen LogP contribution is -1.84. The molecule has 0 aromatic rings. The molecule has 48 valence electrons. The monoisotopic (exact) mass is 196 g/mol. The molecule has 8 heavy (non-hydrogen) atoms. The van der Waals surface area contributed by atoms with Crippen molar-refractivity contribution in [2.24, 2.45) is 0 Å². The molecule has 0 saturated heterocycles. The molecule has 0 bridgehead atoms. The van der Waals surface area contributed by atoms with Gasteiger partial charge >= 0.3 is 0 Å². The Hall–Kier alpha value is 0.830. The van der Waals surface area contributed by atoms with Crippen LogP contribution in [0.1, 0.15) is 0 Å². The van der Waals surface area contributed by atoms with Gasteiger partial charge in [-0.25, -0.2) is 0 Å². The van der Waals surface area contributed by atoms with Crippen molar-refractivity contribution in [2.45, 2.75) is 4.84 Å². The summed E-state index contributed by atoms with van der Waals surface area (Å²) in [5.41, 5.74) is 0. The number of allylic oxidation sites excluding steroid dienone is 1. The summed E-state index contributed by atoms with van der Waals surface area (Å²) in [6, 6.07) is 0. The van der Waals surface area contributed by atoms with Gasteiger partial charge < -0.3 is 0 Å². The maximum Gasteiger partial charge on any atom is 0.206 e. The van der Waals surface area contributed by atoms with E-state index in [1.807, 2.05) is 0 Å². The van der Waals surface area contributed by atoms with Crippen LogP contribution in [0.2, 0.25) is 0 Å². The predicted octanol–water partition coefficient (Wildman–Crippen LogP) is 3.41. The average Bonchev–Trinajstić information content (AvgIpc) is 1.64. The topological polar surface area (TPSA) is 0 Å². The molecule has 0 saturated carbocycles. The van der Waals surface area contributed by atoms with Crippen LogP contribution in [0.3, 0.4) is 0 Å². The van der Waals surface area contributed by atoms with Crippen molar-refractivity contribution < 1.29 is 4.39 Å². The summed E-state index contributed by atoms with van der Waals surface area (Å²) in [6.45, 7) is 0. The molecule has 0 unspecified atom stereocenters. The lowest BCUT2D eigenvalue weighted by atomic mass is 10.7. The van der Waals surface area contributed by atoms with Crippen molar-refractivity contribution in [1.82, 2.24) is 0 Å². The zero-order chi connectivity index (χ0) is 6.73. The van der Waals surface area contributed by atoms with Crippen LogP contribution in [0, 0.1) is 0 Å². The van der Waals surface area contributed by atoms with Gasteiger partial charge in [-0.15, -0.1) is 0 Å². The Balaban J connectivity index is 4.00. The number of rotatable bonds is 1. The highest BCUT2D eigenvalue weighted by molar-refractivity contribution is 6.54. The van der Waals surface area contributed by atoms with E-state index >= 15 is 0 Å². The fourth-order valence-corrected chi connectivity index (χ4v) is 0.495. The van der Waals surface area contributed by atoms with Gasteiger partial charge in [0.1, 0.15) is 4.84 Å². The number of halogens is 5. The molecule has 0 radical (unpaired) electrons.